The number of thiocarbonyl (C=S) groups is 1. The molecule has 0 radical (unpaired) electrons. The van der Waals surface area contributed by atoms with Crippen molar-refractivity contribution in [3.05, 3.63) is 53.2 Å². The van der Waals surface area contributed by atoms with Gasteiger partial charge in [-0.15, -0.1) is 0 Å². The number of aromatic nitrogens is 1. The fourth-order valence-corrected chi connectivity index (χ4v) is 3.27. The minimum atomic E-state index is -0.560. The summed E-state index contributed by atoms with van der Waals surface area (Å²) in [5.41, 5.74) is 2.62. The summed E-state index contributed by atoms with van der Waals surface area (Å²) >= 11 is 5.48. The van der Waals surface area contributed by atoms with Gasteiger partial charge in [0.1, 0.15) is 17.5 Å². The molecule has 1 aliphatic rings. The Morgan fingerprint density at radius 2 is 1.64 bits per heavy atom. The van der Waals surface area contributed by atoms with Gasteiger partial charge in [-0.3, -0.25) is 0 Å². The average Bonchev–Trinajstić information content (AvgIpc) is 2.53. The van der Waals surface area contributed by atoms with Gasteiger partial charge in [-0.2, -0.15) is 0 Å². The molecule has 1 saturated heterocycles. The first-order chi connectivity index (χ1) is 11.9. The van der Waals surface area contributed by atoms with Gasteiger partial charge in [0, 0.05) is 43.6 Å². The highest BCUT2D eigenvalue weighted by Gasteiger charge is 2.20. The number of halogens is 2. The number of nitrogens with zero attached hydrogens (tertiary/aromatic N) is 3. The van der Waals surface area contributed by atoms with Crippen LogP contribution in [0.15, 0.2) is 30.3 Å². The minimum absolute atomic E-state index is 0.560. The van der Waals surface area contributed by atoms with Gasteiger partial charge in [-0.1, -0.05) is 0 Å². The summed E-state index contributed by atoms with van der Waals surface area (Å²) in [7, 11) is 0. The van der Waals surface area contributed by atoms with Crippen molar-refractivity contribution in [1.82, 2.24) is 9.88 Å². The highest BCUT2D eigenvalue weighted by Crippen LogP contribution is 2.20. The van der Waals surface area contributed by atoms with Gasteiger partial charge in [0.2, 0.25) is 0 Å². The van der Waals surface area contributed by atoms with Gasteiger partial charge in [-0.25, -0.2) is 13.8 Å². The van der Waals surface area contributed by atoms with E-state index < -0.39 is 11.6 Å². The highest BCUT2D eigenvalue weighted by atomic mass is 32.1. The van der Waals surface area contributed by atoms with Gasteiger partial charge in [0.15, 0.2) is 5.11 Å². The number of hydrogen-bond acceptors (Lipinski definition) is 3. The van der Waals surface area contributed by atoms with Gasteiger partial charge in [-0.05, 0) is 55.9 Å². The van der Waals surface area contributed by atoms with Crippen molar-refractivity contribution in [3.8, 4) is 0 Å². The first-order valence-corrected chi connectivity index (χ1v) is 8.54. The molecule has 0 spiro atoms. The van der Waals surface area contributed by atoms with E-state index in [0.717, 1.165) is 23.1 Å². The van der Waals surface area contributed by atoms with Crippen molar-refractivity contribution in [1.29, 1.82) is 0 Å². The summed E-state index contributed by atoms with van der Waals surface area (Å²) < 4.78 is 26.8. The Morgan fingerprint density at radius 3 is 2.24 bits per heavy atom. The molecule has 1 aliphatic heterocycles. The maximum absolute atomic E-state index is 13.4. The lowest BCUT2D eigenvalue weighted by atomic mass is 10.2. The third kappa shape index (κ3) is 4.42. The summed E-state index contributed by atoms with van der Waals surface area (Å²) in [6.45, 7) is 6.59. The van der Waals surface area contributed by atoms with E-state index in [-0.39, 0.29) is 0 Å². The third-order valence-corrected chi connectivity index (χ3v) is 4.47. The summed E-state index contributed by atoms with van der Waals surface area (Å²) in [5, 5.41) is 3.79. The van der Waals surface area contributed by atoms with E-state index in [1.807, 2.05) is 35.8 Å². The number of hydrogen-bond donors (Lipinski definition) is 1. The maximum atomic E-state index is 13.4. The fourth-order valence-electron chi connectivity index (χ4n) is 2.98. The number of nitrogens with one attached hydrogen (secondary N) is 1. The molecule has 1 aromatic heterocycles. The molecule has 7 heteroatoms. The topological polar surface area (TPSA) is 31.4 Å². The Bertz CT molecular complexity index is 748. The molecule has 2 heterocycles. The Morgan fingerprint density at radius 1 is 1.00 bits per heavy atom. The molecule has 0 saturated carbocycles. The first-order valence-electron chi connectivity index (χ1n) is 8.13. The molecule has 0 amide bonds. The van der Waals surface area contributed by atoms with Crippen molar-refractivity contribution in [2.24, 2.45) is 0 Å². The molecule has 0 unspecified atom stereocenters. The van der Waals surface area contributed by atoms with Crippen LogP contribution in [-0.4, -0.2) is 41.2 Å². The molecule has 0 bridgehead atoms. The SMILES string of the molecule is Cc1cc(C)nc(NC(=S)N2CCN(c3cc(F)cc(F)c3)CC2)c1. The zero-order chi connectivity index (χ0) is 18.0. The third-order valence-electron chi connectivity index (χ3n) is 4.11. The predicted octanol–water partition coefficient (Wildman–Crippen LogP) is 3.50. The normalized spacial score (nSPS) is 14.6. The molecular weight excluding hydrogens is 342 g/mol. The lowest BCUT2D eigenvalue weighted by Crippen LogP contribution is -2.50. The summed E-state index contributed by atoms with van der Waals surface area (Å²) in [6, 6.07) is 7.55. The molecular formula is C18H20F2N4S. The van der Waals surface area contributed by atoms with E-state index in [4.69, 9.17) is 12.2 Å². The second-order valence-electron chi connectivity index (χ2n) is 6.20. The second kappa shape index (κ2) is 7.31. The Kier molecular flexibility index (Phi) is 5.13. The van der Waals surface area contributed by atoms with Crippen molar-refractivity contribution in [3.63, 3.8) is 0 Å². The summed E-state index contributed by atoms with van der Waals surface area (Å²) in [5.74, 6) is -0.386. The first kappa shape index (κ1) is 17.5. The van der Waals surface area contributed by atoms with Crippen LogP contribution in [0.2, 0.25) is 0 Å². The van der Waals surface area contributed by atoms with E-state index in [2.05, 4.69) is 10.3 Å². The van der Waals surface area contributed by atoms with Crippen LogP contribution < -0.4 is 10.2 Å². The molecule has 4 nitrogen and oxygen atoms in total. The van der Waals surface area contributed by atoms with Crippen molar-refractivity contribution in [2.45, 2.75) is 13.8 Å². The van der Waals surface area contributed by atoms with E-state index >= 15 is 0 Å². The Hall–Kier alpha value is -2.28. The van der Waals surface area contributed by atoms with Crippen LogP contribution >= 0.6 is 12.2 Å². The maximum Gasteiger partial charge on any atom is 0.174 e. The van der Waals surface area contributed by atoms with E-state index in [9.17, 15) is 8.78 Å². The van der Waals surface area contributed by atoms with Crippen LogP contribution in [0.3, 0.4) is 0 Å². The van der Waals surface area contributed by atoms with E-state index in [0.29, 0.717) is 37.0 Å². The van der Waals surface area contributed by atoms with Crippen molar-refractivity contribution in [2.75, 3.05) is 36.4 Å². The molecule has 0 aliphatic carbocycles. The van der Waals surface area contributed by atoms with Gasteiger partial charge >= 0.3 is 0 Å². The summed E-state index contributed by atoms with van der Waals surface area (Å²) in [6.07, 6.45) is 0. The number of anilines is 2. The zero-order valence-corrected chi connectivity index (χ0v) is 15.0. The standard InChI is InChI=1S/C18H20F2N4S/c1-12-7-13(2)21-17(8-12)22-18(25)24-5-3-23(4-6-24)16-10-14(19)9-15(20)11-16/h7-11H,3-6H2,1-2H3,(H,21,22,25). The molecule has 0 atom stereocenters. The molecule has 1 N–H and O–H groups in total. The number of benzene rings is 1. The molecule has 3 rings (SSSR count). The second-order valence-corrected chi connectivity index (χ2v) is 6.59. The minimum Gasteiger partial charge on any atom is -0.368 e. The molecule has 132 valence electrons. The van der Waals surface area contributed by atoms with Gasteiger partial charge < -0.3 is 15.1 Å². The lowest BCUT2D eigenvalue weighted by molar-refractivity contribution is 0.390. The van der Waals surface area contributed by atoms with Crippen LogP contribution in [0.1, 0.15) is 11.3 Å². The average molecular weight is 362 g/mol. The van der Waals surface area contributed by atoms with Crippen molar-refractivity contribution < 1.29 is 8.78 Å². The summed E-state index contributed by atoms with van der Waals surface area (Å²) in [4.78, 5) is 8.43. The van der Waals surface area contributed by atoms with Gasteiger partial charge in [0.05, 0.1) is 0 Å². The molecule has 25 heavy (non-hydrogen) atoms. The highest BCUT2D eigenvalue weighted by molar-refractivity contribution is 7.80. The van der Waals surface area contributed by atoms with Gasteiger partial charge in [0.25, 0.3) is 0 Å². The smallest absolute Gasteiger partial charge is 0.174 e. The fraction of sp³-hybridized carbons (Fsp3) is 0.333. The van der Waals surface area contributed by atoms with Crippen LogP contribution in [0.25, 0.3) is 0 Å². The number of piperazine rings is 1. The van der Waals surface area contributed by atoms with Crippen LogP contribution in [0, 0.1) is 25.5 Å². The van der Waals surface area contributed by atoms with E-state index in [1.165, 1.54) is 12.1 Å². The van der Waals surface area contributed by atoms with E-state index in [1.54, 1.807) is 0 Å². The number of rotatable bonds is 2. The number of aryl methyl sites for hydroxylation is 2. The molecule has 2 aromatic rings. The van der Waals surface area contributed by atoms with Crippen LogP contribution in [0.5, 0.6) is 0 Å². The lowest BCUT2D eigenvalue weighted by Gasteiger charge is -2.37. The number of pyridine rings is 1. The van der Waals surface area contributed by atoms with Crippen LogP contribution in [0.4, 0.5) is 20.3 Å². The zero-order valence-electron chi connectivity index (χ0n) is 14.2. The monoisotopic (exact) mass is 362 g/mol. The van der Waals surface area contributed by atoms with Crippen molar-refractivity contribution >= 4 is 28.8 Å². The molecule has 1 fully saturated rings. The Balaban J connectivity index is 1.60. The Labute approximate surface area is 151 Å². The largest absolute Gasteiger partial charge is 0.368 e. The van der Waals surface area contributed by atoms with Crippen LogP contribution in [-0.2, 0) is 0 Å². The molecule has 1 aromatic carbocycles. The quantitative estimate of drug-likeness (QED) is 0.827. The predicted molar refractivity (Wildman–Crippen MR) is 100 cm³/mol.